The SMILES string of the molecule is CC/C=C\C/C=C\C/C=C\C/C=C\C/C=C\C/C=C\C/C=C\CCCCCCCCCC(=O)OCC(COC(=O)CCCCCCC)OC(=O)CCCCCCC/C=C\C/C=C\C/C=C\C/C=C\C/C=C\C/C=C\C/C=C\CC. The zero-order valence-corrected chi connectivity index (χ0v) is 50.6. The van der Waals surface area contributed by atoms with Crippen LogP contribution < -0.4 is 0 Å². The molecule has 0 bridgehead atoms. The molecule has 0 fully saturated rings. The van der Waals surface area contributed by atoms with Crippen LogP contribution in [-0.4, -0.2) is 37.2 Å². The van der Waals surface area contributed by atoms with Crippen molar-refractivity contribution in [1.82, 2.24) is 0 Å². The van der Waals surface area contributed by atoms with Crippen LogP contribution in [0.4, 0.5) is 0 Å². The van der Waals surface area contributed by atoms with Crippen molar-refractivity contribution in [3.63, 3.8) is 0 Å². The molecule has 6 nitrogen and oxygen atoms in total. The minimum absolute atomic E-state index is 0.0975. The summed E-state index contributed by atoms with van der Waals surface area (Å²) in [4.78, 5) is 37.9. The number of esters is 3. The summed E-state index contributed by atoms with van der Waals surface area (Å²) in [5.74, 6) is -0.950. The molecule has 79 heavy (non-hydrogen) atoms. The second kappa shape index (κ2) is 65.3. The third kappa shape index (κ3) is 63.5. The van der Waals surface area contributed by atoms with Crippen molar-refractivity contribution in [3.05, 3.63) is 170 Å². The van der Waals surface area contributed by atoms with Crippen LogP contribution in [0.15, 0.2) is 170 Å². The summed E-state index contributed by atoms with van der Waals surface area (Å²) < 4.78 is 16.7. The molecule has 0 N–H and O–H groups in total. The Labute approximate surface area is 485 Å². The normalized spacial score (nSPS) is 13.3. The number of allylic oxidation sites excluding steroid dienone is 28. The van der Waals surface area contributed by atoms with Gasteiger partial charge in [0.25, 0.3) is 0 Å². The summed E-state index contributed by atoms with van der Waals surface area (Å²) in [7, 11) is 0. The van der Waals surface area contributed by atoms with Crippen LogP contribution >= 0.6 is 0 Å². The molecule has 0 aromatic carbocycles. The maximum absolute atomic E-state index is 12.8. The monoisotopic (exact) mass is 1090 g/mol. The van der Waals surface area contributed by atoms with Gasteiger partial charge in [-0.2, -0.15) is 0 Å². The van der Waals surface area contributed by atoms with Crippen LogP contribution in [0.2, 0.25) is 0 Å². The number of rotatable bonds is 55. The zero-order valence-electron chi connectivity index (χ0n) is 50.6. The van der Waals surface area contributed by atoms with Crippen molar-refractivity contribution in [3.8, 4) is 0 Å². The predicted octanol–water partition coefficient (Wildman–Crippen LogP) is 21.9. The maximum Gasteiger partial charge on any atom is 0.306 e. The van der Waals surface area contributed by atoms with E-state index >= 15 is 0 Å². The molecule has 0 amide bonds. The Kier molecular flexibility index (Phi) is 61.0. The van der Waals surface area contributed by atoms with Crippen LogP contribution in [0, 0.1) is 0 Å². The standard InChI is InChI=1S/C73H114O6/c1-4-7-10-13-15-17-19-21-23-25-27-29-31-33-35-36-38-39-41-43-45-47-49-51-53-55-57-60-63-66-72(75)78-69-70(68-77-71(74)65-62-59-12-9-6-3)79-73(76)67-64-61-58-56-54-52-50-48-46-44-42-40-37-34-32-30-28-26-24-22-20-18-16-14-11-8-5-2/h7-8,10-11,15-18,21-24,27-30,33-35,37-39,42-45,48,50,70H,4-6,9,12-14,19-20,25-26,31-32,36,40-41,46-47,49,51-69H2,1-3H3/b10-7-,11-8-,17-15-,18-16-,23-21-,24-22-,29-27-,30-28-,35-33-,37-34-,39-38-,44-42-,45-43-,50-48-. The van der Waals surface area contributed by atoms with Crippen molar-refractivity contribution >= 4 is 17.9 Å². The molecule has 0 saturated heterocycles. The van der Waals surface area contributed by atoms with E-state index in [2.05, 4.69) is 191 Å². The first-order chi connectivity index (χ1) is 39.0. The number of hydrogen-bond donors (Lipinski definition) is 0. The number of ether oxygens (including phenoxy) is 3. The highest BCUT2D eigenvalue weighted by atomic mass is 16.6. The summed E-state index contributed by atoms with van der Waals surface area (Å²) in [6, 6.07) is 0. The molecule has 0 aliphatic rings. The summed E-state index contributed by atoms with van der Waals surface area (Å²) in [5.41, 5.74) is 0. The fraction of sp³-hybridized carbons (Fsp3) is 0.575. The Morgan fingerprint density at radius 3 is 0.772 bits per heavy atom. The average molecular weight is 1090 g/mol. The summed E-state index contributed by atoms with van der Waals surface area (Å²) in [6.45, 7) is 6.29. The van der Waals surface area contributed by atoms with Crippen LogP contribution in [-0.2, 0) is 28.6 Å². The number of carbonyl (C=O) groups is 3. The van der Waals surface area contributed by atoms with Gasteiger partial charge in [-0.25, -0.2) is 0 Å². The lowest BCUT2D eigenvalue weighted by Gasteiger charge is -2.18. The molecule has 0 rings (SSSR count). The average Bonchev–Trinajstić information content (AvgIpc) is 3.45. The van der Waals surface area contributed by atoms with E-state index in [1.54, 1.807) is 0 Å². The van der Waals surface area contributed by atoms with Crippen molar-refractivity contribution in [2.45, 2.75) is 258 Å². The van der Waals surface area contributed by atoms with Crippen LogP contribution in [0.5, 0.6) is 0 Å². The molecule has 0 aliphatic carbocycles. The maximum atomic E-state index is 12.8. The summed E-state index contributed by atoms with van der Waals surface area (Å²) in [6.07, 6.45) is 96.8. The highest BCUT2D eigenvalue weighted by Crippen LogP contribution is 2.14. The van der Waals surface area contributed by atoms with Gasteiger partial charge in [0.15, 0.2) is 6.10 Å². The highest BCUT2D eigenvalue weighted by molar-refractivity contribution is 5.71. The molecular weight excluding hydrogens is 973 g/mol. The van der Waals surface area contributed by atoms with Crippen LogP contribution in [0.1, 0.15) is 252 Å². The Morgan fingerprint density at radius 2 is 0.494 bits per heavy atom. The van der Waals surface area contributed by atoms with Crippen molar-refractivity contribution in [1.29, 1.82) is 0 Å². The van der Waals surface area contributed by atoms with Gasteiger partial charge < -0.3 is 14.2 Å². The first-order valence-electron chi connectivity index (χ1n) is 31.6. The number of hydrogen-bond acceptors (Lipinski definition) is 6. The van der Waals surface area contributed by atoms with Crippen molar-refractivity contribution in [2.24, 2.45) is 0 Å². The van der Waals surface area contributed by atoms with E-state index in [4.69, 9.17) is 14.2 Å². The number of unbranched alkanes of at least 4 members (excludes halogenated alkanes) is 16. The van der Waals surface area contributed by atoms with Crippen LogP contribution in [0.25, 0.3) is 0 Å². The molecule has 0 heterocycles. The van der Waals surface area contributed by atoms with E-state index in [0.29, 0.717) is 19.3 Å². The second-order valence-corrected chi connectivity index (χ2v) is 20.2. The minimum Gasteiger partial charge on any atom is -0.462 e. The molecule has 6 heteroatoms. The molecule has 1 unspecified atom stereocenters. The quantitative estimate of drug-likeness (QED) is 0.0261. The molecule has 0 aromatic heterocycles. The van der Waals surface area contributed by atoms with Gasteiger partial charge in [-0.05, 0) is 135 Å². The predicted molar refractivity (Wildman–Crippen MR) is 343 cm³/mol. The van der Waals surface area contributed by atoms with E-state index in [1.807, 2.05) is 0 Å². The first kappa shape index (κ1) is 73.8. The van der Waals surface area contributed by atoms with Gasteiger partial charge in [-0.1, -0.05) is 268 Å². The fourth-order valence-electron chi connectivity index (χ4n) is 8.05. The highest BCUT2D eigenvalue weighted by Gasteiger charge is 2.19. The van der Waals surface area contributed by atoms with Gasteiger partial charge in [0.05, 0.1) is 0 Å². The molecule has 0 aliphatic heterocycles. The lowest BCUT2D eigenvalue weighted by atomic mass is 10.1. The lowest BCUT2D eigenvalue weighted by molar-refractivity contribution is -0.167. The van der Waals surface area contributed by atoms with Gasteiger partial charge in [0.2, 0.25) is 0 Å². The molecule has 1 atom stereocenters. The van der Waals surface area contributed by atoms with Crippen molar-refractivity contribution < 1.29 is 28.6 Å². The van der Waals surface area contributed by atoms with Gasteiger partial charge in [-0.15, -0.1) is 0 Å². The third-order valence-corrected chi connectivity index (χ3v) is 12.7. The summed E-state index contributed by atoms with van der Waals surface area (Å²) >= 11 is 0. The Bertz CT molecular complexity index is 1820. The third-order valence-electron chi connectivity index (χ3n) is 12.7. The first-order valence-corrected chi connectivity index (χ1v) is 31.6. The Balaban J connectivity index is 4.19. The van der Waals surface area contributed by atoms with E-state index in [9.17, 15) is 14.4 Å². The van der Waals surface area contributed by atoms with Gasteiger partial charge in [0, 0.05) is 19.3 Å². The molecule has 0 aromatic rings. The molecule has 0 saturated carbocycles. The molecule has 0 spiro atoms. The Hall–Kier alpha value is -5.23. The lowest BCUT2D eigenvalue weighted by Crippen LogP contribution is -2.30. The summed E-state index contributed by atoms with van der Waals surface area (Å²) in [5, 5.41) is 0. The number of carbonyl (C=O) groups excluding carboxylic acids is 3. The smallest absolute Gasteiger partial charge is 0.306 e. The zero-order chi connectivity index (χ0) is 57.1. The van der Waals surface area contributed by atoms with E-state index in [-0.39, 0.29) is 31.1 Å². The van der Waals surface area contributed by atoms with E-state index < -0.39 is 6.10 Å². The second-order valence-electron chi connectivity index (χ2n) is 20.2. The molecule has 0 radical (unpaired) electrons. The van der Waals surface area contributed by atoms with Crippen LogP contribution in [0.3, 0.4) is 0 Å². The minimum atomic E-state index is -0.799. The fourth-order valence-corrected chi connectivity index (χ4v) is 8.05. The van der Waals surface area contributed by atoms with E-state index in [0.717, 1.165) is 186 Å². The molecule has 442 valence electrons. The van der Waals surface area contributed by atoms with Gasteiger partial charge >= 0.3 is 17.9 Å². The Morgan fingerprint density at radius 1 is 0.266 bits per heavy atom. The van der Waals surface area contributed by atoms with Gasteiger partial charge in [-0.3, -0.25) is 14.4 Å². The van der Waals surface area contributed by atoms with Crippen molar-refractivity contribution in [2.75, 3.05) is 13.2 Å². The topological polar surface area (TPSA) is 78.9 Å². The molecular formula is C73H114O6. The van der Waals surface area contributed by atoms with E-state index in [1.165, 1.54) is 25.7 Å². The van der Waals surface area contributed by atoms with Gasteiger partial charge in [0.1, 0.15) is 13.2 Å². The largest absolute Gasteiger partial charge is 0.462 e.